The van der Waals surface area contributed by atoms with E-state index in [4.69, 9.17) is 4.74 Å². The molecule has 5 heteroatoms. The van der Waals surface area contributed by atoms with Gasteiger partial charge in [-0.1, -0.05) is 30.3 Å². The molecule has 1 amide bonds. The van der Waals surface area contributed by atoms with Crippen LogP contribution in [0.15, 0.2) is 35.3 Å². The molecule has 2 rings (SSSR count). The molecule has 1 atom stereocenters. The van der Waals surface area contributed by atoms with Gasteiger partial charge in [0.1, 0.15) is 11.7 Å². The second-order valence-corrected chi connectivity index (χ2v) is 6.88. The van der Waals surface area contributed by atoms with Crippen LogP contribution >= 0.6 is 0 Å². The Morgan fingerprint density at radius 1 is 1.26 bits per heavy atom. The molecule has 0 aliphatic carbocycles. The van der Waals surface area contributed by atoms with Crippen LogP contribution in [0.1, 0.15) is 45.3 Å². The van der Waals surface area contributed by atoms with Crippen molar-refractivity contribution in [1.29, 1.82) is 0 Å². The molecular weight excluding hydrogens is 292 g/mol. The molecule has 23 heavy (non-hydrogen) atoms. The Morgan fingerprint density at radius 3 is 2.43 bits per heavy atom. The van der Waals surface area contributed by atoms with Crippen LogP contribution in [0, 0.1) is 0 Å². The van der Waals surface area contributed by atoms with Crippen LogP contribution in [0.4, 0.5) is 4.79 Å². The number of likely N-dealkylation sites (tertiary alicyclic amines) is 1. The van der Waals surface area contributed by atoms with Crippen LogP contribution in [0.2, 0.25) is 0 Å². The lowest BCUT2D eigenvalue weighted by atomic mass is 10.0. The number of carbonyl (C=O) groups is 1. The Labute approximate surface area is 138 Å². The third kappa shape index (κ3) is 5.77. The molecule has 0 unspecified atom stereocenters. The van der Waals surface area contributed by atoms with Gasteiger partial charge < -0.3 is 9.84 Å². The van der Waals surface area contributed by atoms with Crippen LogP contribution in [-0.4, -0.2) is 47.0 Å². The summed E-state index contributed by atoms with van der Waals surface area (Å²) in [4.78, 5) is 18.3. The number of ether oxygens (including phenoxy) is 1. The van der Waals surface area contributed by atoms with E-state index in [-0.39, 0.29) is 0 Å². The van der Waals surface area contributed by atoms with Gasteiger partial charge in [-0.25, -0.2) is 4.79 Å². The van der Waals surface area contributed by atoms with Gasteiger partial charge >= 0.3 is 6.09 Å². The summed E-state index contributed by atoms with van der Waals surface area (Å²) >= 11 is 0. The number of amides is 1. The van der Waals surface area contributed by atoms with E-state index < -0.39 is 17.8 Å². The maximum absolute atomic E-state index is 12.0. The lowest BCUT2D eigenvalue weighted by Gasteiger charge is -2.22. The summed E-state index contributed by atoms with van der Waals surface area (Å²) in [6.07, 6.45) is 0.730. The van der Waals surface area contributed by atoms with E-state index in [9.17, 15) is 9.90 Å². The Balaban J connectivity index is 2.18. The van der Waals surface area contributed by atoms with Crippen molar-refractivity contribution in [3.8, 4) is 0 Å². The third-order valence-corrected chi connectivity index (χ3v) is 3.64. The van der Waals surface area contributed by atoms with E-state index in [1.807, 2.05) is 30.3 Å². The van der Waals surface area contributed by atoms with Gasteiger partial charge in [0.2, 0.25) is 0 Å². The minimum atomic E-state index is -0.899. The molecule has 0 radical (unpaired) electrons. The fourth-order valence-corrected chi connectivity index (χ4v) is 2.58. The van der Waals surface area contributed by atoms with Crippen LogP contribution in [0.25, 0.3) is 0 Å². The molecule has 1 N–H and O–H groups in total. The first-order valence-corrected chi connectivity index (χ1v) is 8.11. The van der Waals surface area contributed by atoms with Crippen molar-refractivity contribution >= 4 is 11.8 Å². The average Bonchev–Trinajstić information content (AvgIpc) is 2.98. The van der Waals surface area contributed by atoms with Crippen molar-refractivity contribution in [1.82, 2.24) is 4.90 Å². The molecular formula is C18H26N2O3. The second kappa shape index (κ2) is 7.70. The summed E-state index contributed by atoms with van der Waals surface area (Å²) in [6.45, 7) is 7.82. The number of carbonyl (C=O) groups excluding carboxylic acids is 1. The zero-order chi connectivity index (χ0) is 16.9. The first-order chi connectivity index (χ1) is 10.8. The monoisotopic (exact) mass is 318 g/mol. The quantitative estimate of drug-likeness (QED) is 0.866. The molecule has 0 saturated carbocycles. The first kappa shape index (κ1) is 17.6. The number of benzene rings is 1. The molecule has 0 aromatic heterocycles. The van der Waals surface area contributed by atoms with Gasteiger partial charge in [0.15, 0.2) is 0 Å². The van der Waals surface area contributed by atoms with Crippen molar-refractivity contribution in [2.45, 2.75) is 45.3 Å². The number of rotatable bonds is 4. The number of aliphatic hydroxyl groups excluding tert-OH is 1. The van der Waals surface area contributed by atoms with Crippen molar-refractivity contribution in [2.24, 2.45) is 4.99 Å². The number of aliphatic hydroxyl groups is 1. The molecule has 5 nitrogen and oxygen atoms in total. The zero-order valence-electron chi connectivity index (χ0n) is 14.2. The Kier molecular flexibility index (Phi) is 5.91. The highest BCUT2D eigenvalue weighted by Gasteiger charge is 2.23. The predicted molar refractivity (Wildman–Crippen MR) is 90.7 cm³/mol. The molecule has 1 fully saturated rings. The van der Waals surface area contributed by atoms with E-state index in [0.29, 0.717) is 12.3 Å². The highest BCUT2D eigenvalue weighted by Crippen LogP contribution is 2.18. The Morgan fingerprint density at radius 2 is 1.87 bits per heavy atom. The SMILES string of the molecule is CC(C)(C)OC(=O)/N=C(\CN1CCCC1)[C@H](O)c1ccccc1. The highest BCUT2D eigenvalue weighted by atomic mass is 16.6. The molecule has 126 valence electrons. The summed E-state index contributed by atoms with van der Waals surface area (Å²) < 4.78 is 5.26. The standard InChI is InChI=1S/C18H26N2O3/c1-18(2,3)23-17(22)19-15(13-20-11-7-8-12-20)16(21)14-9-5-4-6-10-14/h4-6,9-10,16,21H,7-8,11-13H2,1-3H3/b19-15+/t16-/m1/s1. The highest BCUT2D eigenvalue weighted by molar-refractivity contribution is 5.98. The van der Waals surface area contributed by atoms with Crippen LogP contribution in [0.5, 0.6) is 0 Å². The van der Waals surface area contributed by atoms with Gasteiger partial charge in [0.05, 0.1) is 5.71 Å². The fourth-order valence-electron chi connectivity index (χ4n) is 2.58. The second-order valence-electron chi connectivity index (χ2n) is 6.88. The maximum atomic E-state index is 12.0. The van der Waals surface area contributed by atoms with E-state index >= 15 is 0 Å². The fraction of sp³-hybridized carbons (Fsp3) is 0.556. The first-order valence-electron chi connectivity index (χ1n) is 8.11. The third-order valence-electron chi connectivity index (χ3n) is 3.64. The largest absolute Gasteiger partial charge is 0.442 e. The summed E-state index contributed by atoms with van der Waals surface area (Å²) in [6, 6.07) is 9.28. The molecule has 1 heterocycles. The normalized spacial score (nSPS) is 18.0. The molecule has 0 spiro atoms. The van der Waals surface area contributed by atoms with E-state index in [1.54, 1.807) is 20.8 Å². The van der Waals surface area contributed by atoms with Gasteiger partial charge in [0.25, 0.3) is 0 Å². The predicted octanol–water partition coefficient (Wildman–Crippen LogP) is 3.19. The van der Waals surface area contributed by atoms with Crippen molar-refractivity contribution in [3.05, 3.63) is 35.9 Å². The van der Waals surface area contributed by atoms with Crippen molar-refractivity contribution in [2.75, 3.05) is 19.6 Å². The van der Waals surface area contributed by atoms with Crippen molar-refractivity contribution < 1.29 is 14.6 Å². The average molecular weight is 318 g/mol. The lowest BCUT2D eigenvalue weighted by Crippen LogP contribution is -2.32. The van der Waals surface area contributed by atoms with Gasteiger partial charge in [0, 0.05) is 6.54 Å². The van der Waals surface area contributed by atoms with Gasteiger partial charge in [-0.3, -0.25) is 4.90 Å². The Bertz CT molecular complexity index is 543. The number of aliphatic imine (C=N–C) groups is 1. The molecule has 1 aromatic carbocycles. The number of hydrogen-bond donors (Lipinski definition) is 1. The van der Waals surface area contributed by atoms with Crippen LogP contribution in [0.3, 0.4) is 0 Å². The van der Waals surface area contributed by atoms with E-state index in [2.05, 4.69) is 9.89 Å². The van der Waals surface area contributed by atoms with Crippen LogP contribution in [-0.2, 0) is 4.74 Å². The minimum Gasteiger partial charge on any atom is -0.442 e. The smallest absolute Gasteiger partial charge is 0.434 e. The summed E-state index contributed by atoms with van der Waals surface area (Å²) in [5.74, 6) is 0. The van der Waals surface area contributed by atoms with Gasteiger partial charge in [-0.15, -0.1) is 0 Å². The lowest BCUT2D eigenvalue weighted by molar-refractivity contribution is 0.0600. The number of nitrogens with zero attached hydrogens (tertiary/aromatic N) is 2. The molecule has 1 aliphatic heterocycles. The summed E-state index contributed by atoms with van der Waals surface area (Å²) in [7, 11) is 0. The molecule has 1 aliphatic rings. The van der Waals surface area contributed by atoms with E-state index in [1.165, 1.54) is 0 Å². The topological polar surface area (TPSA) is 62.1 Å². The molecule has 1 saturated heterocycles. The summed E-state index contributed by atoms with van der Waals surface area (Å²) in [5.41, 5.74) is 0.568. The molecule has 0 bridgehead atoms. The maximum Gasteiger partial charge on any atom is 0.434 e. The number of hydrogen-bond acceptors (Lipinski definition) is 4. The van der Waals surface area contributed by atoms with Crippen LogP contribution < -0.4 is 0 Å². The van der Waals surface area contributed by atoms with E-state index in [0.717, 1.165) is 31.5 Å². The Hall–Kier alpha value is -1.72. The van der Waals surface area contributed by atoms with Gasteiger partial charge in [-0.05, 0) is 52.3 Å². The summed E-state index contributed by atoms with van der Waals surface area (Å²) in [5, 5.41) is 10.6. The van der Waals surface area contributed by atoms with Gasteiger partial charge in [-0.2, -0.15) is 4.99 Å². The molecule has 1 aromatic rings. The zero-order valence-corrected chi connectivity index (χ0v) is 14.2. The minimum absolute atomic E-state index is 0.437. The van der Waals surface area contributed by atoms with Crippen molar-refractivity contribution in [3.63, 3.8) is 0 Å².